The normalized spacial score (nSPS) is 45.8. The minimum Gasteiger partial charge on any atom is -0.305 e. The molecule has 2 heteroatoms. The fourth-order valence-electron chi connectivity index (χ4n) is 2.06. The molecule has 2 aliphatic rings. The number of hydrogen-bond acceptors (Lipinski definition) is 2. The largest absolute Gasteiger partial charge is 0.305 e. The summed E-state index contributed by atoms with van der Waals surface area (Å²) < 4.78 is 0. The lowest BCUT2D eigenvalue weighted by Gasteiger charge is -2.24. The maximum absolute atomic E-state index is 8.83. The van der Waals surface area contributed by atoms with Crippen LogP contribution in [0.4, 0.5) is 0 Å². The van der Waals surface area contributed by atoms with Crippen molar-refractivity contribution in [1.82, 2.24) is 4.90 Å². The van der Waals surface area contributed by atoms with Crippen LogP contribution in [-0.2, 0) is 0 Å². The number of nitriles is 1. The SMILES string of the molecule is CN1CCC2CC2(C#N)C1. The van der Waals surface area contributed by atoms with E-state index >= 15 is 0 Å². The molecule has 54 valence electrons. The molecule has 2 rings (SSSR count). The summed E-state index contributed by atoms with van der Waals surface area (Å²) >= 11 is 0. The number of hydrogen-bond donors (Lipinski definition) is 0. The van der Waals surface area contributed by atoms with Gasteiger partial charge in [-0.3, -0.25) is 0 Å². The quantitative estimate of drug-likeness (QED) is 0.493. The minimum atomic E-state index is 0.0903. The average molecular weight is 136 g/mol. The molecule has 1 saturated heterocycles. The van der Waals surface area contributed by atoms with Crippen LogP contribution in [0.5, 0.6) is 0 Å². The van der Waals surface area contributed by atoms with Gasteiger partial charge in [0, 0.05) is 6.54 Å². The number of likely N-dealkylation sites (tertiary alicyclic amines) is 1. The molecule has 1 saturated carbocycles. The fourth-order valence-corrected chi connectivity index (χ4v) is 2.06. The third-order valence-corrected chi connectivity index (χ3v) is 2.87. The summed E-state index contributed by atoms with van der Waals surface area (Å²) in [6.45, 7) is 2.20. The number of nitrogens with zero attached hydrogens (tertiary/aromatic N) is 2. The Kier molecular flexibility index (Phi) is 1.07. The van der Waals surface area contributed by atoms with E-state index < -0.39 is 0 Å². The van der Waals surface area contributed by atoms with Crippen molar-refractivity contribution in [3.63, 3.8) is 0 Å². The summed E-state index contributed by atoms with van der Waals surface area (Å²) in [4.78, 5) is 2.27. The van der Waals surface area contributed by atoms with Crippen molar-refractivity contribution < 1.29 is 0 Å². The van der Waals surface area contributed by atoms with Gasteiger partial charge >= 0.3 is 0 Å². The van der Waals surface area contributed by atoms with Crippen molar-refractivity contribution >= 4 is 0 Å². The number of piperidine rings is 1. The zero-order chi connectivity index (χ0) is 7.19. The lowest BCUT2D eigenvalue weighted by atomic mass is 10.00. The van der Waals surface area contributed by atoms with Gasteiger partial charge in [0.05, 0.1) is 11.5 Å². The number of rotatable bonds is 0. The molecular formula is C8H12N2. The zero-order valence-corrected chi connectivity index (χ0v) is 6.30. The first-order valence-electron chi connectivity index (χ1n) is 3.87. The topological polar surface area (TPSA) is 27.0 Å². The second kappa shape index (κ2) is 1.73. The Morgan fingerprint density at radius 1 is 1.70 bits per heavy atom. The van der Waals surface area contributed by atoms with Crippen molar-refractivity contribution in [3.05, 3.63) is 0 Å². The highest BCUT2D eigenvalue weighted by atomic mass is 15.1. The van der Waals surface area contributed by atoms with Crippen LogP contribution in [0.2, 0.25) is 0 Å². The van der Waals surface area contributed by atoms with E-state index in [4.69, 9.17) is 5.26 Å². The maximum Gasteiger partial charge on any atom is 0.0732 e. The molecule has 1 aliphatic carbocycles. The van der Waals surface area contributed by atoms with Crippen LogP contribution < -0.4 is 0 Å². The first-order valence-corrected chi connectivity index (χ1v) is 3.87. The third kappa shape index (κ3) is 0.674. The van der Waals surface area contributed by atoms with E-state index in [9.17, 15) is 0 Å². The molecule has 2 fully saturated rings. The second-order valence-corrected chi connectivity index (χ2v) is 3.70. The Bertz CT molecular complexity index is 194. The molecule has 2 nitrogen and oxygen atoms in total. The lowest BCUT2D eigenvalue weighted by Crippen LogP contribution is -2.32. The molecule has 0 aromatic carbocycles. The van der Waals surface area contributed by atoms with Crippen LogP contribution in [0.25, 0.3) is 0 Å². The van der Waals surface area contributed by atoms with Crippen LogP contribution in [-0.4, -0.2) is 25.0 Å². The molecule has 0 amide bonds. The Labute approximate surface area is 61.4 Å². The molecular weight excluding hydrogens is 124 g/mol. The summed E-state index contributed by atoms with van der Waals surface area (Å²) in [6, 6.07) is 2.44. The van der Waals surface area contributed by atoms with Crippen LogP contribution in [0, 0.1) is 22.7 Å². The Morgan fingerprint density at radius 3 is 3.10 bits per heavy atom. The average Bonchev–Trinajstić information content (AvgIpc) is 2.62. The zero-order valence-electron chi connectivity index (χ0n) is 6.30. The highest BCUT2D eigenvalue weighted by molar-refractivity contribution is 5.18. The van der Waals surface area contributed by atoms with E-state index in [0.717, 1.165) is 18.9 Å². The monoisotopic (exact) mass is 136 g/mol. The number of fused-ring (bicyclic) bond motifs is 1. The van der Waals surface area contributed by atoms with Crippen LogP contribution in [0.3, 0.4) is 0 Å². The van der Waals surface area contributed by atoms with Gasteiger partial charge in [0.1, 0.15) is 0 Å². The maximum atomic E-state index is 8.83. The lowest BCUT2D eigenvalue weighted by molar-refractivity contribution is 0.233. The van der Waals surface area contributed by atoms with Gasteiger partial charge in [-0.2, -0.15) is 5.26 Å². The van der Waals surface area contributed by atoms with Crippen LogP contribution in [0.1, 0.15) is 12.8 Å². The van der Waals surface area contributed by atoms with Crippen molar-refractivity contribution in [1.29, 1.82) is 5.26 Å². The van der Waals surface area contributed by atoms with E-state index in [1.54, 1.807) is 0 Å². The predicted molar refractivity (Wildman–Crippen MR) is 38.3 cm³/mol. The molecule has 0 aromatic rings. The highest BCUT2D eigenvalue weighted by Gasteiger charge is 2.56. The van der Waals surface area contributed by atoms with Crippen molar-refractivity contribution in [3.8, 4) is 6.07 Å². The van der Waals surface area contributed by atoms with E-state index in [2.05, 4.69) is 18.0 Å². The molecule has 0 spiro atoms. The standard InChI is InChI=1S/C8H12N2/c1-10-3-2-7-4-8(7,5-9)6-10/h7H,2-4,6H2,1H3. The summed E-state index contributed by atoms with van der Waals surface area (Å²) in [5.41, 5.74) is 0.0903. The van der Waals surface area contributed by atoms with Gasteiger partial charge in [0.25, 0.3) is 0 Å². The van der Waals surface area contributed by atoms with Crippen molar-refractivity contribution in [2.24, 2.45) is 11.3 Å². The molecule has 0 N–H and O–H groups in total. The highest BCUT2D eigenvalue weighted by Crippen LogP contribution is 2.56. The van der Waals surface area contributed by atoms with Gasteiger partial charge < -0.3 is 4.90 Å². The van der Waals surface area contributed by atoms with Gasteiger partial charge in [-0.25, -0.2) is 0 Å². The summed E-state index contributed by atoms with van der Waals surface area (Å²) in [6.07, 6.45) is 2.40. The smallest absolute Gasteiger partial charge is 0.0732 e. The second-order valence-electron chi connectivity index (χ2n) is 3.70. The molecule has 2 atom stereocenters. The van der Waals surface area contributed by atoms with Crippen molar-refractivity contribution in [2.75, 3.05) is 20.1 Å². The minimum absolute atomic E-state index is 0.0903. The fraction of sp³-hybridized carbons (Fsp3) is 0.875. The van der Waals surface area contributed by atoms with Gasteiger partial charge in [0.2, 0.25) is 0 Å². The summed E-state index contributed by atoms with van der Waals surface area (Å²) in [5, 5.41) is 8.83. The predicted octanol–water partition coefficient (Wildman–Crippen LogP) is 0.852. The van der Waals surface area contributed by atoms with Gasteiger partial charge in [-0.15, -0.1) is 0 Å². The molecule has 2 unspecified atom stereocenters. The summed E-state index contributed by atoms with van der Waals surface area (Å²) in [5.74, 6) is 0.744. The Hall–Kier alpha value is -0.550. The first kappa shape index (κ1) is 6.18. The van der Waals surface area contributed by atoms with E-state index in [1.165, 1.54) is 13.0 Å². The van der Waals surface area contributed by atoms with Crippen molar-refractivity contribution in [2.45, 2.75) is 12.8 Å². The molecule has 10 heavy (non-hydrogen) atoms. The molecule has 0 aromatic heterocycles. The van der Waals surface area contributed by atoms with E-state index in [0.29, 0.717) is 0 Å². The molecule has 1 aliphatic heterocycles. The molecule has 0 bridgehead atoms. The third-order valence-electron chi connectivity index (χ3n) is 2.87. The van der Waals surface area contributed by atoms with Crippen LogP contribution >= 0.6 is 0 Å². The van der Waals surface area contributed by atoms with Crippen LogP contribution in [0.15, 0.2) is 0 Å². The Balaban J connectivity index is 2.10. The summed E-state index contributed by atoms with van der Waals surface area (Å²) in [7, 11) is 2.10. The van der Waals surface area contributed by atoms with Gasteiger partial charge in [-0.1, -0.05) is 0 Å². The molecule has 1 heterocycles. The van der Waals surface area contributed by atoms with E-state index in [-0.39, 0.29) is 5.41 Å². The van der Waals surface area contributed by atoms with Gasteiger partial charge in [-0.05, 0) is 32.4 Å². The first-order chi connectivity index (χ1) is 4.77. The van der Waals surface area contributed by atoms with Gasteiger partial charge in [0.15, 0.2) is 0 Å². The van der Waals surface area contributed by atoms with E-state index in [1.807, 2.05) is 0 Å². The Morgan fingerprint density at radius 2 is 2.50 bits per heavy atom. The molecule has 0 radical (unpaired) electrons.